The molecule has 52 heavy (non-hydrogen) atoms. The highest BCUT2D eigenvalue weighted by Gasteiger charge is 2.66. The van der Waals surface area contributed by atoms with E-state index in [-0.39, 0.29) is 36.0 Å². The van der Waals surface area contributed by atoms with Gasteiger partial charge in [0.15, 0.2) is 5.60 Å². The van der Waals surface area contributed by atoms with Gasteiger partial charge in [0.2, 0.25) is 0 Å². The Hall–Kier alpha value is -4.50. The van der Waals surface area contributed by atoms with Crippen molar-refractivity contribution in [2.75, 3.05) is 30.1 Å². The highest BCUT2D eigenvalue weighted by atomic mass is 28.3. The summed E-state index contributed by atoms with van der Waals surface area (Å²) in [6, 6.07) is 26.1. The number of methoxy groups -OCH3 is 1. The van der Waals surface area contributed by atoms with E-state index >= 15 is 4.79 Å². The van der Waals surface area contributed by atoms with Gasteiger partial charge < -0.3 is 19.5 Å². The lowest BCUT2D eigenvalue weighted by Gasteiger charge is -2.37. The summed E-state index contributed by atoms with van der Waals surface area (Å²) in [6.07, 6.45) is 6.37. The van der Waals surface area contributed by atoms with Crippen LogP contribution in [0.25, 0.3) is 10.8 Å². The molecule has 0 unspecified atom stereocenters. The maximum Gasteiger partial charge on any atom is 0.264 e. The highest BCUT2D eigenvalue weighted by Crippen LogP contribution is 2.60. The predicted octanol–water partition coefficient (Wildman–Crippen LogP) is 8.78. The number of carbonyl (C=O) groups is 2. The molecule has 0 saturated carbocycles. The predicted molar refractivity (Wildman–Crippen MR) is 213 cm³/mol. The molecule has 1 fully saturated rings. The van der Waals surface area contributed by atoms with E-state index in [2.05, 4.69) is 65.1 Å². The lowest BCUT2D eigenvalue weighted by atomic mass is 9.82. The molecule has 0 bridgehead atoms. The van der Waals surface area contributed by atoms with Crippen LogP contribution in [-0.4, -0.2) is 51.4 Å². The Morgan fingerprint density at radius 2 is 1.69 bits per heavy atom. The normalized spacial score (nSPS) is 22.5. The van der Waals surface area contributed by atoms with Gasteiger partial charge in [0.05, 0.1) is 38.2 Å². The topological polar surface area (TPSA) is 79.3 Å². The summed E-state index contributed by atoms with van der Waals surface area (Å²) in [7, 11) is -0.672. The zero-order valence-electron chi connectivity index (χ0n) is 31.4. The van der Waals surface area contributed by atoms with Gasteiger partial charge in [-0.15, -0.1) is 0 Å². The monoisotopic (exact) mass is 714 g/mol. The van der Waals surface area contributed by atoms with E-state index < -0.39 is 13.7 Å². The van der Waals surface area contributed by atoms with Gasteiger partial charge in [-0.2, -0.15) is 0 Å². The Kier molecular flexibility index (Phi) is 9.53. The lowest BCUT2D eigenvalue weighted by molar-refractivity contribution is -0.146. The second-order valence-corrected chi connectivity index (χ2v) is 20.2. The number of rotatable bonds is 11. The van der Waals surface area contributed by atoms with Gasteiger partial charge in [-0.1, -0.05) is 84.9 Å². The number of nitrogens with zero attached hydrogens (tertiary/aromatic N) is 2. The number of fused-ring (bicyclic) bond motifs is 2. The van der Waals surface area contributed by atoms with E-state index in [9.17, 15) is 9.90 Å². The number of amides is 2. The van der Waals surface area contributed by atoms with Crippen LogP contribution in [0.5, 0.6) is 5.75 Å². The number of aliphatic hydroxyl groups is 1. The molecule has 0 radical (unpaired) electrons. The first-order valence-corrected chi connectivity index (χ1v) is 21.6. The van der Waals surface area contributed by atoms with Gasteiger partial charge in [0, 0.05) is 35.7 Å². The second-order valence-electron chi connectivity index (χ2n) is 15.5. The minimum atomic E-state index is -2.34. The summed E-state index contributed by atoms with van der Waals surface area (Å²) in [5, 5.41) is 13.6. The van der Waals surface area contributed by atoms with Crippen molar-refractivity contribution in [1.29, 1.82) is 0 Å². The molecule has 0 aliphatic carbocycles. The fraction of sp³-hybridized carbons (Fsp3) is 0.364. The molecule has 0 aromatic heterocycles. The number of hydrogen-bond acceptors (Lipinski definition) is 5. The minimum Gasteiger partial charge on any atom is -0.497 e. The summed E-state index contributed by atoms with van der Waals surface area (Å²) in [6.45, 7) is 13.6. The van der Waals surface area contributed by atoms with Crippen LogP contribution in [0.3, 0.4) is 0 Å². The Morgan fingerprint density at radius 3 is 2.38 bits per heavy atom. The molecule has 7 rings (SSSR count). The molecule has 2 amide bonds. The van der Waals surface area contributed by atoms with Crippen molar-refractivity contribution in [3.63, 3.8) is 0 Å². The molecule has 4 aromatic rings. The number of anilines is 3. The van der Waals surface area contributed by atoms with E-state index in [4.69, 9.17) is 9.47 Å². The number of benzene rings is 4. The van der Waals surface area contributed by atoms with Crippen LogP contribution < -0.4 is 19.7 Å². The maximum atomic E-state index is 15.2. The van der Waals surface area contributed by atoms with Crippen LogP contribution in [-0.2, 0) is 15.1 Å². The number of ether oxygens (including phenoxy) is 2. The number of aliphatic hydroxyl groups excluding tert-OH is 1. The van der Waals surface area contributed by atoms with Crippen molar-refractivity contribution >= 4 is 52.9 Å². The molecule has 4 aromatic carbocycles. The molecular weight excluding hydrogens is 665 g/mol. The van der Waals surface area contributed by atoms with Crippen LogP contribution in [0.1, 0.15) is 62.9 Å². The van der Waals surface area contributed by atoms with Crippen molar-refractivity contribution in [2.45, 2.75) is 77.3 Å². The summed E-state index contributed by atoms with van der Waals surface area (Å²) >= 11 is 0. The zero-order valence-corrected chi connectivity index (χ0v) is 32.4. The third-order valence-corrected chi connectivity index (χ3v) is 16.1. The van der Waals surface area contributed by atoms with E-state index in [0.29, 0.717) is 24.2 Å². The highest BCUT2D eigenvalue weighted by molar-refractivity contribution is 6.91. The van der Waals surface area contributed by atoms with Crippen LogP contribution in [0.4, 0.5) is 17.1 Å². The summed E-state index contributed by atoms with van der Waals surface area (Å²) in [4.78, 5) is 32.9. The van der Waals surface area contributed by atoms with Crippen molar-refractivity contribution in [3.8, 4) is 5.75 Å². The molecule has 1 spiro atoms. The van der Waals surface area contributed by atoms with E-state index in [1.165, 1.54) is 16.3 Å². The average molecular weight is 715 g/mol. The molecule has 3 aliphatic rings. The number of allylic oxidation sites excluding steroid dienone is 3. The molecule has 3 aliphatic heterocycles. The van der Waals surface area contributed by atoms with Crippen molar-refractivity contribution in [2.24, 2.45) is 5.92 Å². The zero-order chi connectivity index (χ0) is 36.9. The van der Waals surface area contributed by atoms with Gasteiger partial charge >= 0.3 is 0 Å². The molecule has 270 valence electrons. The summed E-state index contributed by atoms with van der Waals surface area (Å²) < 4.78 is 12.7. The summed E-state index contributed by atoms with van der Waals surface area (Å²) in [5.41, 5.74) is 5.08. The smallest absolute Gasteiger partial charge is 0.264 e. The Balaban J connectivity index is 1.35. The SMILES string of the molecule is COc1ccc([Si](C)(C)[C@H]2[C@H](CCO)O[C@@]3(C(=O)N(C/C=C(\C)CCC=C(C)C)c4ccc(N5C(=O)c6cccc7cccc5c67)cc43)[C@@H]2C)cc1. The van der Waals surface area contributed by atoms with Gasteiger partial charge in [-0.3, -0.25) is 14.5 Å². The van der Waals surface area contributed by atoms with Crippen LogP contribution >= 0.6 is 0 Å². The molecule has 1 saturated heterocycles. The minimum absolute atomic E-state index is 0.0150. The van der Waals surface area contributed by atoms with Crippen LogP contribution in [0.2, 0.25) is 18.6 Å². The van der Waals surface area contributed by atoms with E-state index in [1.807, 2.05) is 71.6 Å². The summed E-state index contributed by atoms with van der Waals surface area (Å²) in [5.74, 6) is 0.427. The average Bonchev–Trinajstić information content (AvgIpc) is 3.68. The van der Waals surface area contributed by atoms with Crippen molar-refractivity contribution < 1.29 is 24.2 Å². The van der Waals surface area contributed by atoms with Gasteiger partial charge in [0.1, 0.15) is 5.75 Å². The maximum absolute atomic E-state index is 15.2. The number of carbonyl (C=O) groups excluding carboxylic acids is 2. The largest absolute Gasteiger partial charge is 0.497 e. The molecule has 1 N–H and O–H groups in total. The third kappa shape index (κ3) is 5.72. The standard InChI is InChI=1S/C44H50N2O5Si/c1-28(2)11-8-12-29(3)23-25-45-37-22-17-32(46-38-16-10-14-31-13-9-15-35(40(31)38)42(46)48)27-36(37)44(43(45)49)30(4)41(39(51-44)24-26-47)52(6,7)34-20-18-33(50-5)19-21-34/h9-11,13-23,27,30,39,41,47H,8,12,24-26H2,1-7H3/b29-23+/t30-,39+,41-,44+/m1/s1. The molecular formula is C44H50N2O5Si. The van der Waals surface area contributed by atoms with E-state index in [1.54, 1.807) is 12.0 Å². The second kappa shape index (κ2) is 13.8. The Labute approximate surface area is 308 Å². The first kappa shape index (κ1) is 35.9. The van der Waals surface area contributed by atoms with Crippen molar-refractivity contribution in [3.05, 3.63) is 113 Å². The Morgan fingerprint density at radius 1 is 0.962 bits per heavy atom. The first-order valence-electron chi connectivity index (χ1n) is 18.5. The van der Waals surface area contributed by atoms with Crippen LogP contribution in [0.15, 0.2) is 102 Å². The molecule has 4 atom stereocenters. The van der Waals surface area contributed by atoms with Gasteiger partial charge in [-0.25, -0.2) is 0 Å². The quantitative estimate of drug-likeness (QED) is 0.124. The van der Waals surface area contributed by atoms with Crippen molar-refractivity contribution in [1.82, 2.24) is 0 Å². The first-order chi connectivity index (χ1) is 24.9. The van der Waals surface area contributed by atoms with E-state index in [0.717, 1.165) is 46.3 Å². The third-order valence-electron chi connectivity index (χ3n) is 11.8. The van der Waals surface area contributed by atoms with Crippen LogP contribution in [0, 0.1) is 5.92 Å². The molecule has 7 nitrogen and oxygen atoms in total. The van der Waals surface area contributed by atoms with Gasteiger partial charge in [-0.05, 0) is 93.4 Å². The molecule has 8 heteroatoms. The fourth-order valence-corrected chi connectivity index (χ4v) is 13.2. The fourth-order valence-electron chi connectivity index (χ4n) is 9.13. The Bertz CT molecular complexity index is 2090. The van der Waals surface area contributed by atoms with Gasteiger partial charge in [0.25, 0.3) is 11.8 Å². The molecule has 3 heterocycles. The number of hydrogen-bond donors (Lipinski definition) is 1. The lowest BCUT2D eigenvalue weighted by Crippen LogP contribution is -2.52.